The summed E-state index contributed by atoms with van der Waals surface area (Å²) in [6.07, 6.45) is 0. The molecule has 0 saturated heterocycles. The number of methoxy groups -OCH3 is 2. The first kappa shape index (κ1) is 16.9. The topological polar surface area (TPSA) is 84.3 Å². The van der Waals surface area contributed by atoms with E-state index in [1.807, 2.05) is 6.07 Å². The molecule has 0 aliphatic rings. The van der Waals surface area contributed by atoms with Crippen molar-refractivity contribution in [2.45, 2.75) is 6.92 Å². The molecule has 0 fully saturated rings. The highest BCUT2D eigenvalue weighted by molar-refractivity contribution is 7.22. The Hall–Kier alpha value is -2.93. The summed E-state index contributed by atoms with van der Waals surface area (Å²) in [5.41, 5.74) is 2.49. The van der Waals surface area contributed by atoms with Crippen LogP contribution < -0.4 is 14.8 Å². The average molecular weight is 355 g/mol. The number of nitrogens with one attached hydrogen (secondary N) is 2. The number of benzene rings is 2. The maximum Gasteiger partial charge on any atom is 0.257 e. The Morgan fingerprint density at radius 1 is 1.08 bits per heavy atom. The van der Waals surface area contributed by atoms with Gasteiger partial charge in [-0.1, -0.05) is 23.5 Å². The molecule has 128 valence electrons. The first-order valence-corrected chi connectivity index (χ1v) is 8.33. The van der Waals surface area contributed by atoms with E-state index in [-0.39, 0.29) is 5.91 Å². The molecule has 0 saturated carbocycles. The molecular formula is C18H17N3O3S. The van der Waals surface area contributed by atoms with Crippen molar-refractivity contribution in [1.29, 1.82) is 5.41 Å². The lowest BCUT2D eigenvalue weighted by atomic mass is 10.1. The zero-order valence-electron chi connectivity index (χ0n) is 14.0. The second-order valence-corrected chi connectivity index (χ2v) is 6.38. The van der Waals surface area contributed by atoms with Crippen LogP contribution in [0.3, 0.4) is 0 Å². The van der Waals surface area contributed by atoms with Crippen LogP contribution in [0.25, 0.3) is 10.2 Å². The molecule has 0 spiro atoms. The van der Waals surface area contributed by atoms with Crippen molar-refractivity contribution >= 4 is 38.3 Å². The van der Waals surface area contributed by atoms with Crippen molar-refractivity contribution in [1.82, 2.24) is 4.98 Å². The van der Waals surface area contributed by atoms with Crippen molar-refractivity contribution in [3.05, 3.63) is 47.5 Å². The van der Waals surface area contributed by atoms with Gasteiger partial charge in [0.25, 0.3) is 5.91 Å². The van der Waals surface area contributed by atoms with Gasteiger partial charge in [-0.15, -0.1) is 0 Å². The van der Waals surface area contributed by atoms with E-state index in [1.165, 1.54) is 11.3 Å². The van der Waals surface area contributed by atoms with E-state index in [9.17, 15) is 4.79 Å². The number of nitrogens with zero attached hydrogens (tertiary/aromatic N) is 1. The van der Waals surface area contributed by atoms with Gasteiger partial charge in [-0.25, -0.2) is 4.98 Å². The van der Waals surface area contributed by atoms with Crippen LogP contribution in [-0.2, 0) is 0 Å². The van der Waals surface area contributed by atoms with Crippen LogP contribution in [0.2, 0.25) is 0 Å². The number of aromatic nitrogens is 1. The first-order chi connectivity index (χ1) is 12.0. The Morgan fingerprint density at radius 3 is 2.28 bits per heavy atom. The number of anilines is 1. The van der Waals surface area contributed by atoms with Crippen molar-refractivity contribution in [3.63, 3.8) is 0 Å². The SMILES string of the molecule is COc1cc2nc(NC(=O)c3ccc(C(C)=N)cc3)sc2cc1OC. The fraction of sp³-hybridized carbons (Fsp3) is 0.167. The van der Waals surface area contributed by atoms with Gasteiger partial charge in [0.15, 0.2) is 16.6 Å². The molecule has 7 heteroatoms. The lowest BCUT2D eigenvalue weighted by Crippen LogP contribution is -2.11. The third-order valence-corrected chi connectivity index (χ3v) is 4.63. The molecule has 0 aliphatic carbocycles. The fourth-order valence-corrected chi connectivity index (χ4v) is 3.22. The molecular weight excluding hydrogens is 338 g/mol. The standard InChI is InChI=1S/C18H17N3O3S/c1-10(19)11-4-6-12(7-5-11)17(22)21-18-20-13-8-14(23-2)15(24-3)9-16(13)25-18/h4-9,19H,1-3H3,(H,20,21,22). The summed E-state index contributed by atoms with van der Waals surface area (Å²) in [5.74, 6) is 0.970. The summed E-state index contributed by atoms with van der Waals surface area (Å²) in [5, 5.41) is 10.9. The minimum absolute atomic E-state index is 0.243. The molecule has 25 heavy (non-hydrogen) atoms. The number of hydrogen-bond acceptors (Lipinski definition) is 6. The van der Waals surface area contributed by atoms with Gasteiger partial charge in [0.2, 0.25) is 0 Å². The van der Waals surface area contributed by atoms with E-state index < -0.39 is 0 Å². The van der Waals surface area contributed by atoms with Crippen molar-refractivity contribution in [3.8, 4) is 11.5 Å². The number of fused-ring (bicyclic) bond motifs is 1. The monoisotopic (exact) mass is 355 g/mol. The van der Waals surface area contributed by atoms with Crippen LogP contribution in [0.1, 0.15) is 22.8 Å². The highest BCUT2D eigenvalue weighted by Crippen LogP contribution is 2.36. The number of carbonyl (C=O) groups is 1. The van der Waals surface area contributed by atoms with E-state index in [0.29, 0.717) is 27.9 Å². The summed E-state index contributed by atoms with van der Waals surface area (Å²) >= 11 is 1.36. The van der Waals surface area contributed by atoms with Gasteiger partial charge in [-0.2, -0.15) is 0 Å². The first-order valence-electron chi connectivity index (χ1n) is 7.51. The summed E-state index contributed by atoms with van der Waals surface area (Å²) in [7, 11) is 3.14. The molecule has 3 rings (SSSR count). The molecule has 1 amide bonds. The minimum atomic E-state index is -0.243. The Balaban J connectivity index is 1.84. The minimum Gasteiger partial charge on any atom is -0.493 e. The van der Waals surface area contributed by atoms with Gasteiger partial charge in [0.05, 0.1) is 24.4 Å². The normalized spacial score (nSPS) is 10.5. The van der Waals surface area contributed by atoms with E-state index in [0.717, 1.165) is 15.8 Å². The van der Waals surface area contributed by atoms with Gasteiger partial charge >= 0.3 is 0 Å². The highest BCUT2D eigenvalue weighted by atomic mass is 32.1. The second kappa shape index (κ2) is 6.90. The van der Waals surface area contributed by atoms with E-state index in [2.05, 4.69) is 10.3 Å². The predicted molar refractivity (Wildman–Crippen MR) is 99.6 cm³/mol. The Morgan fingerprint density at radius 2 is 1.68 bits per heavy atom. The quantitative estimate of drug-likeness (QED) is 0.679. The summed E-state index contributed by atoms with van der Waals surface area (Å²) in [6, 6.07) is 10.5. The van der Waals surface area contributed by atoms with E-state index in [4.69, 9.17) is 14.9 Å². The van der Waals surface area contributed by atoms with E-state index in [1.54, 1.807) is 51.5 Å². The molecule has 3 aromatic rings. The Kier molecular flexibility index (Phi) is 4.67. The average Bonchev–Trinajstić information content (AvgIpc) is 3.01. The Bertz CT molecular complexity index is 907. The van der Waals surface area contributed by atoms with Crippen molar-refractivity contribution in [2.24, 2.45) is 0 Å². The third-order valence-electron chi connectivity index (χ3n) is 3.69. The van der Waals surface area contributed by atoms with Gasteiger partial charge < -0.3 is 14.9 Å². The lowest BCUT2D eigenvalue weighted by molar-refractivity contribution is 0.102. The molecule has 2 aromatic carbocycles. The molecule has 0 aliphatic heterocycles. The molecule has 1 heterocycles. The number of rotatable bonds is 5. The largest absolute Gasteiger partial charge is 0.493 e. The molecule has 0 radical (unpaired) electrons. The lowest BCUT2D eigenvalue weighted by Gasteiger charge is -2.05. The maximum atomic E-state index is 12.4. The summed E-state index contributed by atoms with van der Waals surface area (Å²) in [6.45, 7) is 1.71. The smallest absolute Gasteiger partial charge is 0.257 e. The molecule has 0 bridgehead atoms. The zero-order chi connectivity index (χ0) is 18.0. The van der Waals surface area contributed by atoms with E-state index >= 15 is 0 Å². The molecule has 0 atom stereocenters. The highest BCUT2D eigenvalue weighted by Gasteiger charge is 2.13. The van der Waals surface area contributed by atoms with Crippen molar-refractivity contribution in [2.75, 3.05) is 19.5 Å². The molecule has 2 N–H and O–H groups in total. The number of thiazole rings is 1. The van der Waals surface area contributed by atoms with Crippen molar-refractivity contribution < 1.29 is 14.3 Å². The van der Waals surface area contributed by atoms with Crippen LogP contribution in [0, 0.1) is 5.41 Å². The van der Waals surface area contributed by atoms with Crippen LogP contribution in [0.5, 0.6) is 11.5 Å². The number of amides is 1. The zero-order valence-corrected chi connectivity index (χ0v) is 14.9. The van der Waals surface area contributed by atoms with Crippen LogP contribution in [0.15, 0.2) is 36.4 Å². The van der Waals surface area contributed by atoms with Crippen LogP contribution >= 0.6 is 11.3 Å². The van der Waals surface area contributed by atoms with Gasteiger partial charge in [0.1, 0.15) is 0 Å². The second-order valence-electron chi connectivity index (χ2n) is 5.35. The molecule has 6 nitrogen and oxygen atoms in total. The summed E-state index contributed by atoms with van der Waals surface area (Å²) in [4.78, 5) is 16.8. The fourth-order valence-electron chi connectivity index (χ4n) is 2.35. The van der Waals surface area contributed by atoms with Gasteiger partial charge in [-0.3, -0.25) is 10.1 Å². The Labute approximate surface area is 148 Å². The number of hydrogen-bond donors (Lipinski definition) is 2. The summed E-state index contributed by atoms with van der Waals surface area (Å²) < 4.78 is 11.4. The van der Waals surface area contributed by atoms with Gasteiger partial charge in [0, 0.05) is 23.4 Å². The number of ether oxygens (including phenoxy) is 2. The van der Waals surface area contributed by atoms with Gasteiger partial charge in [-0.05, 0) is 24.6 Å². The molecule has 0 unspecified atom stereocenters. The predicted octanol–water partition coefficient (Wildman–Crippen LogP) is 3.95. The van der Waals surface area contributed by atoms with Crippen LogP contribution in [0.4, 0.5) is 5.13 Å². The molecule has 1 aromatic heterocycles. The third kappa shape index (κ3) is 3.46. The van der Waals surface area contributed by atoms with Crippen LogP contribution in [-0.4, -0.2) is 30.8 Å². The number of carbonyl (C=O) groups excluding carboxylic acids is 1. The maximum absolute atomic E-state index is 12.4.